The van der Waals surface area contributed by atoms with E-state index >= 15 is 0 Å². The molecule has 2 saturated carbocycles. The number of nitrogens with one attached hydrogen (secondary N) is 1. The molecule has 1 aromatic carbocycles. The molecular weight excluding hydrogens is 258 g/mol. The number of ether oxygens (including phenoxy) is 1. The summed E-state index contributed by atoms with van der Waals surface area (Å²) >= 11 is 0. The molecule has 116 valence electrons. The lowest BCUT2D eigenvalue weighted by atomic mass is 9.82. The second kappa shape index (κ2) is 7.31. The molecule has 0 amide bonds. The van der Waals surface area contributed by atoms with Crippen LogP contribution in [-0.4, -0.2) is 19.2 Å². The zero-order valence-electron chi connectivity index (χ0n) is 13.3. The third-order valence-corrected chi connectivity index (χ3v) is 4.95. The van der Waals surface area contributed by atoms with Crippen LogP contribution in [0.15, 0.2) is 24.3 Å². The molecule has 2 heteroatoms. The summed E-state index contributed by atoms with van der Waals surface area (Å²) in [4.78, 5) is 0. The van der Waals surface area contributed by atoms with Gasteiger partial charge in [0, 0.05) is 0 Å². The third-order valence-electron chi connectivity index (χ3n) is 4.95. The fourth-order valence-corrected chi connectivity index (χ4v) is 3.57. The molecule has 1 N–H and O–H groups in total. The molecule has 0 radical (unpaired) electrons. The Morgan fingerprint density at radius 1 is 1.00 bits per heavy atom. The largest absolute Gasteiger partial charge is 0.490 e. The first-order chi connectivity index (χ1) is 10.4. The number of benzene rings is 1. The van der Waals surface area contributed by atoms with Gasteiger partial charge in [-0.3, -0.25) is 0 Å². The van der Waals surface area contributed by atoms with Gasteiger partial charge in [-0.15, -0.1) is 0 Å². The fraction of sp³-hybridized carbons (Fsp3) is 0.684. The number of rotatable bonds is 6. The van der Waals surface area contributed by atoms with Gasteiger partial charge in [0.1, 0.15) is 5.75 Å². The quantitative estimate of drug-likeness (QED) is 0.778. The van der Waals surface area contributed by atoms with Crippen LogP contribution in [0, 0.1) is 5.92 Å². The Morgan fingerprint density at radius 3 is 2.48 bits per heavy atom. The van der Waals surface area contributed by atoms with Crippen molar-refractivity contribution in [1.29, 1.82) is 0 Å². The van der Waals surface area contributed by atoms with E-state index in [1.165, 1.54) is 57.1 Å². The van der Waals surface area contributed by atoms with Crippen LogP contribution < -0.4 is 10.1 Å². The van der Waals surface area contributed by atoms with Crippen molar-refractivity contribution in [2.24, 2.45) is 5.92 Å². The minimum Gasteiger partial charge on any atom is -0.490 e. The second-order valence-electron chi connectivity index (χ2n) is 6.70. The van der Waals surface area contributed by atoms with Crippen LogP contribution >= 0.6 is 0 Å². The van der Waals surface area contributed by atoms with Crippen molar-refractivity contribution in [2.45, 2.75) is 63.9 Å². The van der Waals surface area contributed by atoms with Crippen LogP contribution in [0.5, 0.6) is 5.75 Å². The lowest BCUT2D eigenvalue weighted by Crippen LogP contribution is -2.26. The number of hydrogen-bond acceptors (Lipinski definition) is 2. The maximum atomic E-state index is 5.87. The molecule has 2 aliphatic carbocycles. The molecule has 2 fully saturated rings. The van der Waals surface area contributed by atoms with Crippen LogP contribution in [0.1, 0.15) is 63.4 Å². The predicted octanol–water partition coefficient (Wildman–Crippen LogP) is 4.50. The van der Waals surface area contributed by atoms with Crippen LogP contribution in [0.3, 0.4) is 0 Å². The van der Waals surface area contributed by atoms with Gasteiger partial charge in [-0.25, -0.2) is 0 Å². The molecule has 0 bridgehead atoms. The highest BCUT2D eigenvalue weighted by molar-refractivity contribution is 5.30. The molecule has 2 aliphatic rings. The van der Waals surface area contributed by atoms with Gasteiger partial charge in [0.2, 0.25) is 0 Å². The molecule has 0 saturated heterocycles. The summed E-state index contributed by atoms with van der Waals surface area (Å²) in [6.45, 7) is 4.45. The van der Waals surface area contributed by atoms with Crippen LogP contribution in [-0.2, 0) is 0 Å². The summed E-state index contributed by atoms with van der Waals surface area (Å²) in [6, 6.07) is 8.99. The lowest BCUT2D eigenvalue weighted by Gasteiger charge is -2.26. The van der Waals surface area contributed by atoms with E-state index in [1.807, 2.05) is 0 Å². The SMILES string of the molecule is CCNCC1CCCCCC1c1ccc(OC2CC2)cc1. The van der Waals surface area contributed by atoms with Gasteiger partial charge in [-0.1, -0.05) is 38.3 Å². The minimum absolute atomic E-state index is 0.496. The van der Waals surface area contributed by atoms with E-state index in [0.29, 0.717) is 6.10 Å². The highest BCUT2D eigenvalue weighted by Crippen LogP contribution is 2.37. The van der Waals surface area contributed by atoms with E-state index in [2.05, 4.69) is 36.5 Å². The Hall–Kier alpha value is -1.02. The van der Waals surface area contributed by atoms with E-state index in [4.69, 9.17) is 4.74 Å². The first kappa shape index (κ1) is 14.9. The maximum Gasteiger partial charge on any atom is 0.119 e. The van der Waals surface area contributed by atoms with E-state index in [1.54, 1.807) is 0 Å². The Bertz CT molecular complexity index is 424. The van der Waals surface area contributed by atoms with Crippen molar-refractivity contribution < 1.29 is 4.74 Å². The topological polar surface area (TPSA) is 21.3 Å². The van der Waals surface area contributed by atoms with Gasteiger partial charge in [0.05, 0.1) is 6.10 Å². The van der Waals surface area contributed by atoms with Crippen molar-refractivity contribution in [3.8, 4) is 5.75 Å². The van der Waals surface area contributed by atoms with Gasteiger partial charge in [-0.05, 0) is 68.3 Å². The summed E-state index contributed by atoms with van der Waals surface area (Å²) in [5, 5.41) is 3.57. The van der Waals surface area contributed by atoms with E-state index in [0.717, 1.165) is 24.1 Å². The third kappa shape index (κ3) is 4.23. The summed E-state index contributed by atoms with van der Waals surface area (Å²) in [5.41, 5.74) is 1.52. The van der Waals surface area contributed by atoms with Crippen molar-refractivity contribution in [3.63, 3.8) is 0 Å². The van der Waals surface area contributed by atoms with Gasteiger partial charge in [0.15, 0.2) is 0 Å². The molecule has 0 heterocycles. The first-order valence-electron chi connectivity index (χ1n) is 8.84. The molecule has 2 unspecified atom stereocenters. The highest BCUT2D eigenvalue weighted by Gasteiger charge is 2.26. The van der Waals surface area contributed by atoms with Gasteiger partial charge in [0.25, 0.3) is 0 Å². The fourth-order valence-electron chi connectivity index (χ4n) is 3.57. The second-order valence-corrected chi connectivity index (χ2v) is 6.70. The Balaban J connectivity index is 1.67. The summed E-state index contributed by atoms with van der Waals surface area (Å²) < 4.78 is 5.87. The van der Waals surface area contributed by atoms with Gasteiger partial charge < -0.3 is 10.1 Å². The molecular formula is C19H29NO. The molecule has 2 atom stereocenters. The minimum atomic E-state index is 0.496. The van der Waals surface area contributed by atoms with Crippen LogP contribution in [0.4, 0.5) is 0 Å². The van der Waals surface area contributed by atoms with Crippen molar-refractivity contribution in [2.75, 3.05) is 13.1 Å². The highest BCUT2D eigenvalue weighted by atomic mass is 16.5. The van der Waals surface area contributed by atoms with Crippen LogP contribution in [0.2, 0.25) is 0 Å². The average Bonchev–Trinajstić information content (AvgIpc) is 3.33. The van der Waals surface area contributed by atoms with Crippen molar-refractivity contribution in [1.82, 2.24) is 5.32 Å². The zero-order chi connectivity index (χ0) is 14.5. The van der Waals surface area contributed by atoms with E-state index in [-0.39, 0.29) is 0 Å². The summed E-state index contributed by atoms with van der Waals surface area (Å²) in [6.07, 6.45) is 9.86. The molecule has 0 spiro atoms. The standard InChI is InChI=1S/C19H29NO/c1-2-20-14-16-6-4-3-5-7-19(16)15-8-10-17(11-9-15)21-18-12-13-18/h8-11,16,18-20H,2-7,12-14H2,1H3. The smallest absolute Gasteiger partial charge is 0.119 e. The average molecular weight is 287 g/mol. The molecule has 0 aliphatic heterocycles. The van der Waals surface area contributed by atoms with Gasteiger partial charge >= 0.3 is 0 Å². The Labute approximate surface area is 129 Å². The monoisotopic (exact) mass is 287 g/mol. The maximum absolute atomic E-state index is 5.87. The number of hydrogen-bond donors (Lipinski definition) is 1. The normalized spacial score (nSPS) is 26.3. The molecule has 21 heavy (non-hydrogen) atoms. The lowest BCUT2D eigenvalue weighted by molar-refractivity contribution is 0.303. The van der Waals surface area contributed by atoms with E-state index in [9.17, 15) is 0 Å². The van der Waals surface area contributed by atoms with Gasteiger partial charge in [-0.2, -0.15) is 0 Å². The molecule has 2 nitrogen and oxygen atoms in total. The van der Waals surface area contributed by atoms with Crippen LogP contribution in [0.25, 0.3) is 0 Å². The summed E-state index contributed by atoms with van der Waals surface area (Å²) in [7, 11) is 0. The van der Waals surface area contributed by atoms with Crippen molar-refractivity contribution >= 4 is 0 Å². The predicted molar refractivity (Wildman–Crippen MR) is 88.0 cm³/mol. The Kier molecular flexibility index (Phi) is 5.18. The molecule has 0 aromatic heterocycles. The molecule has 3 rings (SSSR count). The summed E-state index contributed by atoms with van der Waals surface area (Å²) in [5.74, 6) is 2.57. The first-order valence-corrected chi connectivity index (χ1v) is 8.84. The molecule has 1 aromatic rings. The Morgan fingerprint density at radius 2 is 1.76 bits per heavy atom. The zero-order valence-corrected chi connectivity index (χ0v) is 13.3. The van der Waals surface area contributed by atoms with E-state index < -0.39 is 0 Å². The van der Waals surface area contributed by atoms with Crippen molar-refractivity contribution in [3.05, 3.63) is 29.8 Å².